The van der Waals surface area contributed by atoms with E-state index in [2.05, 4.69) is 60.5 Å². The molecule has 0 bridgehead atoms. The van der Waals surface area contributed by atoms with E-state index >= 15 is 0 Å². The van der Waals surface area contributed by atoms with Gasteiger partial charge in [-0.25, -0.2) is 0 Å². The van der Waals surface area contributed by atoms with Gasteiger partial charge in [-0.05, 0) is 41.5 Å². The third kappa shape index (κ3) is 5.15. The van der Waals surface area contributed by atoms with E-state index in [1.165, 1.54) is 5.56 Å². The van der Waals surface area contributed by atoms with Gasteiger partial charge in [0.25, 0.3) is 5.89 Å². The Bertz CT molecular complexity index is 1010. The molecule has 0 saturated heterocycles. The Morgan fingerprint density at radius 1 is 1.10 bits per heavy atom. The molecule has 3 aromatic rings. The second-order valence-electron chi connectivity index (χ2n) is 9.11. The molecule has 1 amide bonds. The summed E-state index contributed by atoms with van der Waals surface area (Å²) in [5.74, 6) is 1.22. The first kappa shape index (κ1) is 21.8. The van der Waals surface area contributed by atoms with E-state index in [1.807, 2.05) is 39.0 Å². The normalized spacial score (nSPS) is 11.7. The molecule has 30 heavy (non-hydrogen) atoms. The number of nitrogens with zero attached hydrogens (tertiary/aromatic N) is 2. The summed E-state index contributed by atoms with van der Waals surface area (Å²) in [5, 5.41) is 7.10. The van der Waals surface area contributed by atoms with E-state index < -0.39 is 0 Å². The summed E-state index contributed by atoms with van der Waals surface area (Å²) in [6, 6.07) is 14.3. The highest BCUT2D eigenvalue weighted by Crippen LogP contribution is 2.31. The summed E-state index contributed by atoms with van der Waals surface area (Å²) in [7, 11) is 0. The Morgan fingerprint density at radius 3 is 2.40 bits per heavy atom. The van der Waals surface area contributed by atoms with Crippen molar-refractivity contribution in [3.8, 4) is 11.5 Å². The highest BCUT2D eigenvalue weighted by atomic mass is 16.5. The molecule has 0 aliphatic heterocycles. The smallest absolute Gasteiger partial charge is 0.260 e. The lowest BCUT2D eigenvalue weighted by Gasteiger charge is -2.19. The number of hydrogen-bond donors (Lipinski definition) is 1. The van der Waals surface area contributed by atoms with Gasteiger partial charge in [-0.15, -0.1) is 0 Å². The van der Waals surface area contributed by atoms with Crippen LogP contribution in [0.1, 0.15) is 69.5 Å². The highest BCUT2D eigenvalue weighted by molar-refractivity contribution is 5.95. The maximum atomic E-state index is 12.7. The first-order chi connectivity index (χ1) is 14.1. The minimum Gasteiger partial charge on any atom is -0.334 e. The molecule has 0 spiro atoms. The van der Waals surface area contributed by atoms with Crippen molar-refractivity contribution < 1.29 is 9.32 Å². The number of benzene rings is 2. The van der Waals surface area contributed by atoms with E-state index in [9.17, 15) is 4.79 Å². The average molecular weight is 406 g/mol. The van der Waals surface area contributed by atoms with E-state index in [1.54, 1.807) is 0 Å². The number of rotatable bonds is 6. The number of amides is 1. The van der Waals surface area contributed by atoms with Crippen LogP contribution in [0.5, 0.6) is 0 Å². The molecule has 158 valence electrons. The molecule has 3 rings (SSSR count). The van der Waals surface area contributed by atoms with Crippen molar-refractivity contribution >= 4 is 11.6 Å². The predicted molar refractivity (Wildman–Crippen MR) is 121 cm³/mol. The van der Waals surface area contributed by atoms with Crippen LogP contribution in [-0.2, 0) is 16.6 Å². The third-order valence-electron chi connectivity index (χ3n) is 5.19. The van der Waals surface area contributed by atoms with Crippen LogP contribution in [0.3, 0.4) is 0 Å². The van der Waals surface area contributed by atoms with Crippen molar-refractivity contribution in [1.82, 2.24) is 10.1 Å². The monoisotopic (exact) mass is 405 g/mol. The van der Waals surface area contributed by atoms with Gasteiger partial charge in [0, 0.05) is 12.3 Å². The molecular weight excluding hydrogens is 374 g/mol. The van der Waals surface area contributed by atoms with Crippen molar-refractivity contribution in [2.75, 3.05) is 5.32 Å². The van der Waals surface area contributed by atoms with Crippen molar-refractivity contribution in [2.24, 2.45) is 0 Å². The van der Waals surface area contributed by atoms with Gasteiger partial charge in [0.15, 0.2) is 5.82 Å². The van der Waals surface area contributed by atoms with Crippen LogP contribution < -0.4 is 5.32 Å². The SMILES string of the molecule is Cc1cccc(-c2nc(C(C)C)no2)c1NC(=O)CCc1ccc(C(C)(C)C)cc1. The molecule has 1 aromatic heterocycles. The Kier molecular flexibility index (Phi) is 6.40. The van der Waals surface area contributed by atoms with Gasteiger partial charge in [-0.2, -0.15) is 4.98 Å². The van der Waals surface area contributed by atoms with Crippen molar-refractivity contribution in [3.05, 3.63) is 65.0 Å². The number of para-hydroxylation sites is 1. The van der Waals surface area contributed by atoms with Crippen LogP contribution in [0.4, 0.5) is 5.69 Å². The van der Waals surface area contributed by atoms with Crippen LogP contribution >= 0.6 is 0 Å². The third-order valence-corrected chi connectivity index (χ3v) is 5.19. The fourth-order valence-corrected chi connectivity index (χ4v) is 3.22. The Morgan fingerprint density at radius 2 is 1.80 bits per heavy atom. The molecule has 0 fully saturated rings. The molecule has 0 atom stereocenters. The molecule has 1 heterocycles. The summed E-state index contributed by atoms with van der Waals surface area (Å²) in [6.45, 7) is 12.6. The molecular formula is C25H31N3O2. The van der Waals surface area contributed by atoms with Gasteiger partial charge in [0.05, 0.1) is 11.3 Å². The van der Waals surface area contributed by atoms with Crippen LogP contribution in [0, 0.1) is 6.92 Å². The minimum atomic E-state index is -0.0333. The van der Waals surface area contributed by atoms with E-state index in [0.717, 1.165) is 22.4 Å². The maximum Gasteiger partial charge on any atom is 0.260 e. The number of carbonyl (C=O) groups is 1. The van der Waals surface area contributed by atoms with Crippen molar-refractivity contribution in [1.29, 1.82) is 0 Å². The Hall–Kier alpha value is -2.95. The van der Waals surface area contributed by atoms with Gasteiger partial charge in [0.1, 0.15) is 0 Å². The number of carbonyl (C=O) groups excluding carboxylic acids is 1. The number of hydrogen-bond acceptors (Lipinski definition) is 4. The van der Waals surface area contributed by atoms with E-state index in [0.29, 0.717) is 24.6 Å². The first-order valence-electron chi connectivity index (χ1n) is 10.5. The molecule has 5 nitrogen and oxygen atoms in total. The van der Waals surface area contributed by atoms with Crippen LogP contribution in [0.25, 0.3) is 11.5 Å². The molecule has 0 radical (unpaired) electrons. The predicted octanol–water partition coefficient (Wildman–Crippen LogP) is 6.04. The standard InChI is InChI=1S/C25H31N3O2/c1-16(2)23-27-24(30-28-23)20-9-7-8-17(3)22(20)26-21(29)15-12-18-10-13-19(14-11-18)25(4,5)6/h7-11,13-14,16H,12,15H2,1-6H3,(H,26,29). The molecule has 0 saturated carbocycles. The van der Waals surface area contributed by atoms with Crippen LogP contribution in [-0.4, -0.2) is 16.0 Å². The average Bonchev–Trinajstić information content (AvgIpc) is 3.18. The van der Waals surface area contributed by atoms with Crippen LogP contribution in [0.2, 0.25) is 0 Å². The lowest BCUT2D eigenvalue weighted by Crippen LogP contribution is -2.14. The molecule has 0 aliphatic carbocycles. The Balaban J connectivity index is 1.71. The summed E-state index contributed by atoms with van der Waals surface area (Å²) in [5.41, 5.74) is 5.00. The van der Waals surface area contributed by atoms with E-state index in [4.69, 9.17) is 4.52 Å². The summed E-state index contributed by atoms with van der Waals surface area (Å²) < 4.78 is 5.44. The quantitative estimate of drug-likeness (QED) is 0.543. The minimum absolute atomic E-state index is 0.0333. The summed E-state index contributed by atoms with van der Waals surface area (Å²) in [6.07, 6.45) is 1.10. The number of aromatic nitrogens is 2. The van der Waals surface area contributed by atoms with Gasteiger partial charge in [-0.3, -0.25) is 4.79 Å². The van der Waals surface area contributed by atoms with Crippen LogP contribution in [0.15, 0.2) is 47.0 Å². The second-order valence-corrected chi connectivity index (χ2v) is 9.11. The molecule has 2 aromatic carbocycles. The Labute approximate surface area is 178 Å². The number of nitrogens with one attached hydrogen (secondary N) is 1. The molecule has 0 unspecified atom stereocenters. The van der Waals surface area contributed by atoms with Gasteiger partial charge < -0.3 is 9.84 Å². The molecule has 1 N–H and O–H groups in total. The van der Waals surface area contributed by atoms with Crippen molar-refractivity contribution in [2.45, 2.75) is 65.7 Å². The molecule has 0 aliphatic rings. The fraction of sp³-hybridized carbons (Fsp3) is 0.400. The van der Waals surface area contributed by atoms with Gasteiger partial charge >= 0.3 is 0 Å². The number of aryl methyl sites for hydroxylation is 2. The summed E-state index contributed by atoms with van der Waals surface area (Å²) in [4.78, 5) is 17.2. The first-order valence-corrected chi connectivity index (χ1v) is 10.5. The van der Waals surface area contributed by atoms with Gasteiger partial charge in [0.2, 0.25) is 5.91 Å². The lowest BCUT2D eigenvalue weighted by atomic mass is 9.86. The topological polar surface area (TPSA) is 68.0 Å². The number of anilines is 1. The lowest BCUT2D eigenvalue weighted by molar-refractivity contribution is -0.116. The fourth-order valence-electron chi connectivity index (χ4n) is 3.22. The zero-order chi connectivity index (χ0) is 21.9. The van der Waals surface area contributed by atoms with Crippen molar-refractivity contribution in [3.63, 3.8) is 0 Å². The van der Waals surface area contributed by atoms with E-state index in [-0.39, 0.29) is 17.2 Å². The second kappa shape index (κ2) is 8.82. The zero-order valence-corrected chi connectivity index (χ0v) is 18.7. The highest BCUT2D eigenvalue weighted by Gasteiger charge is 2.18. The van der Waals surface area contributed by atoms with Gasteiger partial charge in [-0.1, -0.05) is 76.2 Å². The zero-order valence-electron chi connectivity index (χ0n) is 18.7. The summed E-state index contributed by atoms with van der Waals surface area (Å²) >= 11 is 0. The molecule has 5 heteroatoms. The maximum absolute atomic E-state index is 12.7. The largest absolute Gasteiger partial charge is 0.334 e.